The van der Waals surface area contributed by atoms with Crippen molar-refractivity contribution in [1.82, 2.24) is 4.31 Å². The number of ether oxygens (including phenoxy) is 1. The molecule has 0 spiro atoms. The molecule has 1 saturated heterocycles. The largest absolute Gasteiger partial charge is 0.373 e. The summed E-state index contributed by atoms with van der Waals surface area (Å²) >= 11 is 0. The summed E-state index contributed by atoms with van der Waals surface area (Å²) in [6, 6.07) is 6.53. The van der Waals surface area contributed by atoms with Gasteiger partial charge in [-0.2, -0.15) is 4.31 Å². The monoisotopic (exact) mass is 392 g/mol. The summed E-state index contributed by atoms with van der Waals surface area (Å²) in [6.07, 6.45) is 4.37. The van der Waals surface area contributed by atoms with Gasteiger partial charge in [-0.1, -0.05) is 6.42 Å². The molecule has 7 heteroatoms. The lowest BCUT2D eigenvalue weighted by atomic mass is 9.88. The van der Waals surface area contributed by atoms with Gasteiger partial charge < -0.3 is 10.1 Å². The van der Waals surface area contributed by atoms with E-state index < -0.39 is 10.0 Å². The molecule has 2 aliphatic carbocycles. The smallest absolute Gasteiger partial charge is 0.243 e. The highest BCUT2D eigenvalue weighted by Crippen LogP contribution is 2.48. The second kappa shape index (κ2) is 7.18. The Hall–Kier alpha value is -1.44. The first-order valence-corrected chi connectivity index (χ1v) is 11.3. The maximum Gasteiger partial charge on any atom is 0.243 e. The van der Waals surface area contributed by atoms with Crippen molar-refractivity contribution in [2.45, 2.75) is 56.6 Å². The van der Waals surface area contributed by atoms with E-state index >= 15 is 0 Å². The fourth-order valence-corrected chi connectivity index (χ4v) is 6.58. The topological polar surface area (TPSA) is 75.7 Å². The zero-order valence-corrected chi connectivity index (χ0v) is 16.7. The van der Waals surface area contributed by atoms with E-state index in [4.69, 9.17) is 4.74 Å². The van der Waals surface area contributed by atoms with E-state index in [1.165, 1.54) is 17.1 Å². The second-order valence-corrected chi connectivity index (χ2v) is 10.3. The summed E-state index contributed by atoms with van der Waals surface area (Å²) in [5.41, 5.74) is 0.658. The Labute approximate surface area is 161 Å². The third kappa shape index (κ3) is 3.77. The molecule has 1 heterocycles. The number of anilines is 1. The van der Waals surface area contributed by atoms with Crippen LogP contribution in [0.3, 0.4) is 0 Å². The Balaban J connectivity index is 1.43. The molecule has 27 heavy (non-hydrogen) atoms. The number of rotatable bonds is 4. The van der Waals surface area contributed by atoms with E-state index in [1.54, 1.807) is 24.3 Å². The van der Waals surface area contributed by atoms with Crippen molar-refractivity contribution in [3.63, 3.8) is 0 Å². The Kier molecular flexibility index (Phi) is 5.03. The third-order valence-electron chi connectivity index (χ3n) is 6.22. The van der Waals surface area contributed by atoms with Crippen LogP contribution in [0.5, 0.6) is 0 Å². The van der Waals surface area contributed by atoms with Gasteiger partial charge in [-0.15, -0.1) is 0 Å². The van der Waals surface area contributed by atoms with Gasteiger partial charge in [-0.3, -0.25) is 4.79 Å². The molecule has 5 atom stereocenters. The lowest BCUT2D eigenvalue weighted by molar-refractivity contribution is -0.121. The van der Waals surface area contributed by atoms with Gasteiger partial charge in [0.15, 0.2) is 0 Å². The van der Waals surface area contributed by atoms with E-state index in [0.29, 0.717) is 24.7 Å². The highest BCUT2D eigenvalue weighted by atomic mass is 32.2. The van der Waals surface area contributed by atoms with Crippen molar-refractivity contribution in [2.24, 2.45) is 17.8 Å². The lowest BCUT2D eigenvalue weighted by Gasteiger charge is -2.34. The fourth-order valence-electron chi connectivity index (χ4n) is 4.99. The summed E-state index contributed by atoms with van der Waals surface area (Å²) in [5, 5.41) is 2.97. The lowest BCUT2D eigenvalue weighted by Crippen LogP contribution is -2.48. The number of carbonyl (C=O) groups is 1. The number of hydrogen-bond acceptors (Lipinski definition) is 4. The summed E-state index contributed by atoms with van der Waals surface area (Å²) in [4.78, 5) is 12.8. The van der Waals surface area contributed by atoms with Gasteiger partial charge in [0.2, 0.25) is 15.9 Å². The number of nitrogens with one attached hydrogen (secondary N) is 1. The minimum atomic E-state index is -3.56. The van der Waals surface area contributed by atoms with Crippen LogP contribution in [0.2, 0.25) is 0 Å². The molecule has 3 fully saturated rings. The quantitative estimate of drug-likeness (QED) is 0.855. The molecule has 0 aromatic heterocycles. The molecule has 2 saturated carbocycles. The van der Waals surface area contributed by atoms with Crippen LogP contribution in [-0.4, -0.2) is 43.9 Å². The maximum atomic E-state index is 12.9. The van der Waals surface area contributed by atoms with Crippen LogP contribution in [-0.2, 0) is 19.6 Å². The van der Waals surface area contributed by atoms with Crippen LogP contribution in [0.1, 0.15) is 39.5 Å². The molecule has 1 aromatic carbocycles. The molecule has 0 radical (unpaired) electrons. The predicted molar refractivity (Wildman–Crippen MR) is 103 cm³/mol. The average molecular weight is 393 g/mol. The van der Waals surface area contributed by atoms with Gasteiger partial charge in [-0.05, 0) is 69.2 Å². The first-order valence-electron chi connectivity index (χ1n) is 9.89. The molecule has 1 amide bonds. The minimum absolute atomic E-state index is 0.0774. The van der Waals surface area contributed by atoms with Crippen LogP contribution >= 0.6 is 0 Å². The molecule has 2 bridgehead atoms. The number of benzene rings is 1. The molecule has 6 nitrogen and oxygen atoms in total. The van der Waals surface area contributed by atoms with Gasteiger partial charge in [0.25, 0.3) is 0 Å². The molecule has 148 valence electrons. The Morgan fingerprint density at radius 1 is 1.07 bits per heavy atom. The molecule has 4 rings (SSSR count). The van der Waals surface area contributed by atoms with Crippen LogP contribution in [0.15, 0.2) is 29.2 Å². The summed E-state index contributed by atoms with van der Waals surface area (Å²) in [5.74, 6) is 1.44. The van der Waals surface area contributed by atoms with Gasteiger partial charge in [0.1, 0.15) is 0 Å². The predicted octanol–water partition coefficient (Wildman–Crippen LogP) is 2.86. The molecular formula is C20H28N2O4S. The number of carbonyl (C=O) groups excluding carboxylic acids is 1. The van der Waals surface area contributed by atoms with Crippen molar-refractivity contribution >= 4 is 21.6 Å². The van der Waals surface area contributed by atoms with Crippen molar-refractivity contribution in [1.29, 1.82) is 0 Å². The zero-order chi connectivity index (χ0) is 19.2. The Morgan fingerprint density at radius 3 is 2.30 bits per heavy atom. The maximum absolute atomic E-state index is 12.9. The molecule has 3 aliphatic rings. The van der Waals surface area contributed by atoms with Crippen LogP contribution in [0, 0.1) is 17.8 Å². The standard InChI is InChI=1S/C20H28N2O4S/c1-13-11-22(12-14(2)26-13)27(24,25)18-7-5-17(6-8-18)21-20(23)19-10-15-3-4-16(19)9-15/h5-8,13-16,19H,3-4,9-12H2,1-2H3,(H,21,23)/t13-,14-,15+,16+,19-/m1/s1. The van der Waals surface area contributed by atoms with Gasteiger partial charge >= 0.3 is 0 Å². The van der Waals surface area contributed by atoms with Crippen LogP contribution in [0.4, 0.5) is 5.69 Å². The van der Waals surface area contributed by atoms with E-state index in [2.05, 4.69) is 5.32 Å². The normalized spacial score (nSPS) is 33.9. The number of sulfonamides is 1. The number of fused-ring (bicyclic) bond motifs is 2. The number of hydrogen-bond donors (Lipinski definition) is 1. The average Bonchev–Trinajstić information content (AvgIpc) is 3.25. The third-order valence-corrected chi connectivity index (χ3v) is 8.07. The van der Waals surface area contributed by atoms with Crippen LogP contribution in [0.25, 0.3) is 0 Å². The van der Waals surface area contributed by atoms with E-state index in [-0.39, 0.29) is 28.9 Å². The van der Waals surface area contributed by atoms with Crippen molar-refractivity contribution in [2.75, 3.05) is 18.4 Å². The molecular weight excluding hydrogens is 364 g/mol. The Bertz CT molecular complexity index is 798. The zero-order valence-electron chi connectivity index (χ0n) is 15.9. The van der Waals surface area contributed by atoms with E-state index in [0.717, 1.165) is 18.8 Å². The van der Waals surface area contributed by atoms with Crippen molar-refractivity contribution < 1.29 is 17.9 Å². The van der Waals surface area contributed by atoms with Crippen molar-refractivity contribution in [3.05, 3.63) is 24.3 Å². The highest BCUT2D eigenvalue weighted by molar-refractivity contribution is 7.89. The first-order chi connectivity index (χ1) is 12.8. The Morgan fingerprint density at radius 2 is 1.74 bits per heavy atom. The highest BCUT2D eigenvalue weighted by Gasteiger charge is 2.43. The SMILES string of the molecule is C[C@@H]1CN(S(=O)(=O)c2ccc(NC(=O)[C@@H]3C[C@H]4CC[C@H]3C4)cc2)C[C@@H](C)O1. The second-order valence-electron chi connectivity index (χ2n) is 8.37. The summed E-state index contributed by atoms with van der Waals surface area (Å²) < 4.78 is 32.9. The first kappa shape index (κ1) is 18.9. The number of nitrogens with zero attached hydrogens (tertiary/aromatic N) is 1. The van der Waals surface area contributed by atoms with Gasteiger partial charge in [0.05, 0.1) is 17.1 Å². The van der Waals surface area contributed by atoms with Crippen LogP contribution < -0.4 is 5.32 Å². The fraction of sp³-hybridized carbons (Fsp3) is 0.650. The molecule has 0 unspecified atom stereocenters. The number of amides is 1. The van der Waals surface area contributed by atoms with E-state index in [1.807, 2.05) is 13.8 Å². The molecule has 1 aromatic rings. The summed E-state index contributed by atoms with van der Waals surface area (Å²) in [7, 11) is -3.56. The minimum Gasteiger partial charge on any atom is -0.373 e. The van der Waals surface area contributed by atoms with Gasteiger partial charge in [-0.25, -0.2) is 8.42 Å². The van der Waals surface area contributed by atoms with Gasteiger partial charge in [0, 0.05) is 24.7 Å². The summed E-state index contributed by atoms with van der Waals surface area (Å²) in [6.45, 7) is 4.48. The molecule has 1 N–H and O–H groups in total. The van der Waals surface area contributed by atoms with Crippen molar-refractivity contribution in [3.8, 4) is 0 Å². The van der Waals surface area contributed by atoms with E-state index in [9.17, 15) is 13.2 Å². The molecule has 1 aliphatic heterocycles. The number of morpholine rings is 1.